The fourth-order valence-electron chi connectivity index (χ4n) is 1.02. The predicted molar refractivity (Wildman–Crippen MR) is 38.9 cm³/mol. The van der Waals surface area contributed by atoms with Crippen molar-refractivity contribution in [2.75, 3.05) is 0 Å². The molecular formula is C7H13ClO. The van der Waals surface area contributed by atoms with Crippen molar-refractivity contribution in [3.63, 3.8) is 0 Å². The number of epoxide rings is 1. The summed E-state index contributed by atoms with van der Waals surface area (Å²) in [5.74, 6) is 0. The molecule has 1 aliphatic rings. The molecule has 9 heavy (non-hydrogen) atoms. The van der Waals surface area contributed by atoms with Crippen molar-refractivity contribution in [3.8, 4) is 0 Å². The summed E-state index contributed by atoms with van der Waals surface area (Å²) in [5, 5.41) is 0.255. The zero-order valence-electron chi connectivity index (χ0n) is 5.93. The normalized spacial score (nSPS) is 36.3. The lowest BCUT2D eigenvalue weighted by Gasteiger charge is -2.00. The molecule has 0 amide bonds. The van der Waals surface area contributed by atoms with E-state index in [0.717, 1.165) is 12.8 Å². The molecule has 0 aromatic heterocycles. The Morgan fingerprint density at radius 1 is 1.67 bits per heavy atom. The molecule has 2 heteroatoms. The molecule has 0 bridgehead atoms. The molecule has 3 atom stereocenters. The fraction of sp³-hybridized carbons (Fsp3) is 1.00. The van der Waals surface area contributed by atoms with Gasteiger partial charge in [-0.15, -0.1) is 11.6 Å². The van der Waals surface area contributed by atoms with Crippen LogP contribution >= 0.6 is 11.6 Å². The molecule has 1 nitrogen and oxygen atoms in total. The predicted octanol–water partition coefficient (Wildman–Crippen LogP) is 2.18. The minimum atomic E-state index is 0.255. The van der Waals surface area contributed by atoms with Crippen molar-refractivity contribution in [2.45, 2.75) is 44.3 Å². The lowest BCUT2D eigenvalue weighted by Crippen LogP contribution is -2.08. The molecule has 1 fully saturated rings. The first-order valence-corrected chi connectivity index (χ1v) is 3.99. The molecule has 0 aromatic carbocycles. The van der Waals surface area contributed by atoms with Crippen molar-refractivity contribution in [2.24, 2.45) is 0 Å². The van der Waals surface area contributed by atoms with Gasteiger partial charge in [0.25, 0.3) is 0 Å². The molecule has 0 aromatic rings. The number of hydrogen-bond acceptors (Lipinski definition) is 1. The van der Waals surface area contributed by atoms with Crippen molar-refractivity contribution in [1.29, 1.82) is 0 Å². The Morgan fingerprint density at radius 3 is 2.56 bits per heavy atom. The average Bonchev–Trinajstić information content (AvgIpc) is 2.47. The molecule has 0 saturated carbocycles. The molecule has 0 aliphatic carbocycles. The Bertz CT molecular complexity index is 94.9. The first-order valence-electron chi connectivity index (χ1n) is 3.55. The summed E-state index contributed by atoms with van der Waals surface area (Å²) in [6.07, 6.45) is 3.00. The molecule has 0 N–H and O–H groups in total. The molecular weight excluding hydrogens is 136 g/mol. The van der Waals surface area contributed by atoms with Crippen molar-refractivity contribution >= 4 is 11.6 Å². The average molecular weight is 149 g/mol. The van der Waals surface area contributed by atoms with Gasteiger partial charge in [0.2, 0.25) is 0 Å². The van der Waals surface area contributed by atoms with Gasteiger partial charge in [0.05, 0.1) is 11.5 Å². The molecule has 0 radical (unpaired) electrons. The van der Waals surface area contributed by atoms with Crippen LogP contribution in [0.2, 0.25) is 0 Å². The highest BCUT2D eigenvalue weighted by Gasteiger charge is 2.39. The number of rotatable bonds is 3. The van der Waals surface area contributed by atoms with Crippen LogP contribution in [0.15, 0.2) is 0 Å². The molecule has 3 unspecified atom stereocenters. The first kappa shape index (κ1) is 7.36. The summed E-state index contributed by atoms with van der Waals surface area (Å²) in [4.78, 5) is 0. The fourth-order valence-corrected chi connectivity index (χ4v) is 1.50. The van der Waals surface area contributed by atoms with Crippen LogP contribution in [-0.4, -0.2) is 17.6 Å². The van der Waals surface area contributed by atoms with E-state index in [2.05, 4.69) is 13.8 Å². The quantitative estimate of drug-likeness (QED) is 0.442. The Kier molecular flexibility index (Phi) is 2.36. The van der Waals surface area contributed by atoms with Gasteiger partial charge < -0.3 is 4.74 Å². The number of alkyl halides is 1. The maximum atomic E-state index is 5.95. The molecule has 1 heterocycles. The van der Waals surface area contributed by atoms with Crippen LogP contribution in [0.25, 0.3) is 0 Å². The largest absolute Gasteiger partial charge is 0.368 e. The third kappa shape index (κ3) is 1.84. The van der Waals surface area contributed by atoms with Gasteiger partial charge in [-0.1, -0.05) is 13.3 Å². The summed E-state index contributed by atoms with van der Waals surface area (Å²) in [6, 6.07) is 0. The molecule has 1 saturated heterocycles. The van der Waals surface area contributed by atoms with E-state index in [-0.39, 0.29) is 5.38 Å². The van der Waals surface area contributed by atoms with Crippen LogP contribution < -0.4 is 0 Å². The van der Waals surface area contributed by atoms with E-state index in [9.17, 15) is 0 Å². The van der Waals surface area contributed by atoms with Crippen molar-refractivity contribution in [1.82, 2.24) is 0 Å². The van der Waals surface area contributed by atoms with Crippen molar-refractivity contribution < 1.29 is 4.74 Å². The summed E-state index contributed by atoms with van der Waals surface area (Å²) < 4.78 is 5.20. The number of hydrogen-bond donors (Lipinski definition) is 0. The van der Waals surface area contributed by atoms with Crippen LogP contribution in [0.1, 0.15) is 26.7 Å². The van der Waals surface area contributed by atoms with Gasteiger partial charge in [-0.05, 0) is 13.3 Å². The SMILES string of the molecule is CCCC(Cl)C1OC1C. The zero-order valence-corrected chi connectivity index (χ0v) is 6.69. The lowest BCUT2D eigenvalue weighted by molar-refractivity contribution is 0.369. The topological polar surface area (TPSA) is 12.5 Å². The van der Waals surface area contributed by atoms with E-state index in [0.29, 0.717) is 12.2 Å². The van der Waals surface area contributed by atoms with Gasteiger partial charge in [0.15, 0.2) is 0 Å². The van der Waals surface area contributed by atoms with Crippen LogP contribution in [0, 0.1) is 0 Å². The Balaban J connectivity index is 2.11. The van der Waals surface area contributed by atoms with Crippen LogP contribution in [0.5, 0.6) is 0 Å². The maximum Gasteiger partial charge on any atom is 0.100 e. The Labute approximate surface area is 61.3 Å². The van der Waals surface area contributed by atoms with Crippen LogP contribution in [-0.2, 0) is 4.74 Å². The molecule has 0 spiro atoms. The lowest BCUT2D eigenvalue weighted by atomic mass is 10.2. The van der Waals surface area contributed by atoms with E-state index < -0.39 is 0 Å². The summed E-state index contributed by atoms with van der Waals surface area (Å²) in [6.45, 7) is 4.21. The highest BCUT2D eigenvalue weighted by atomic mass is 35.5. The third-order valence-corrected chi connectivity index (χ3v) is 2.15. The highest BCUT2D eigenvalue weighted by molar-refractivity contribution is 6.21. The first-order chi connectivity index (χ1) is 4.25. The zero-order chi connectivity index (χ0) is 6.85. The van der Waals surface area contributed by atoms with Gasteiger partial charge >= 0.3 is 0 Å². The van der Waals surface area contributed by atoms with Gasteiger partial charge in [-0.25, -0.2) is 0 Å². The van der Waals surface area contributed by atoms with Gasteiger partial charge in [-0.3, -0.25) is 0 Å². The van der Waals surface area contributed by atoms with Crippen LogP contribution in [0.3, 0.4) is 0 Å². The second kappa shape index (κ2) is 2.89. The molecule has 54 valence electrons. The smallest absolute Gasteiger partial charge is 0.100 e. The number of ether oxygens (including phenoxy) is 1. The Hall–Kier alpha value is 0.250. The summed E-state index contributed by atoms with van der Waals surface area (Å²) >= 11 is 5.95. The van der Waals surface area contributed by atoms with E-state index in [1.165, 1.54) is 0 Å². The molecule has 1 rings (SSSR count). The standard InChI is InChI=1S/C7H13ClO/c1-3-4-6(8)7-5(2)9-7/h5-7H,3-4H2,1-2H3. The second-order valence-electron chi connectivity index (χ2n) is 2.61. The summed E-state index contributed by atoms with van der Waals surface area (Å²) in [5.41, 5.74) is 0. The van der Waals surface area contributed by atoms with E-state index in [1.54, 1.807) is 0 Å². The maximum absolute atomic E-state index is 5.95. The van der Waals surface area contributed by atoms with E-state index >= 15 is 0 Å². The van der Waals surface area contributed by atoms with Gasteiger partial charge in [-0.2, -0.15) is 0 Å². The monoisotopic (exact) mass is 148 g/mol. The van der Waals surface area contributed by atoms with E-state index in [1.807, 2.05) is 0 Å². The van der Waals surface area contributed by atoms with Gasteiger partial charge in [0.1, 0.15) is 6.10 Å². The van der Waals surface area contributed by atoms with E-state index in [4.69, 9.17) is 16.3 Å². The second-order valence-corrected chi connectivity index (χ2v) is 3.17. The Morgan fingerprint density at radius 2 is 2.22 bits per heavy atom. The minimum Gasteiger partial charge on any atom is -0.368 e. The summed E-state index contributed by atoms with van der Waals surface area (Å²) in [7, 11) is 0. The van der Waals surface area contributed by atoms with Crippen LogP contribution in [0.4, 0.5) is 0 Å². The minimum absolute atomic E-state index is 0.255. The van der Waals surface area contributed by atoms with Crippen molar-refractivity contribution in [3.05, 3.63) is 0 Å². The highest BCUT2D eigenvalue weighted by Crippen LogP contribution is 2.30. The third-order valence-electron chi connectivity index (χ3n) is 1.68. The number of halogens is 1. The molecule has 1 aliphatic heterocycles. The van der Waals surface area contributed by atoms with Gasteiger partial charge in [0, 0.05) is 0 Å².